The molecule has 0 aliphatic heterocycles. The van der Waals surface area contributed by atoms with Crippen LogP contribution in [0.2, 0.25) is 0 Å². The van der Waals surface area contributed by atoms with Gasteiger partial charge in [-0.05, 0) is 37.0 Å². The number of carbonyl (C=O) groups is 1. The van der Waals surface area contributed by atoms with Crippen LogP contribution >= 0.6 is 0 Å². The Labute approximate surface area is 131 Å². The summed E-state index contributed by atoms with van der Waals surface area (Å²) in [5.74, 6) is 1.51. The zero-order valence-corrected chi connectivity index (χ0v) is 13.7. The summed E-state index contributed by atoms with van der Waals surface area (Å²) in [6.45, 7) is 8.11. The second-order valence-corrected chi connectivity index (χ2v) is 7.18. The van der Waals surface area contributed by atoms with Crippen LogP contribution in [0.3, 0.4) is 0 Å². The van der Waals surface area contributed by atoms with Gasteiger partial charge in [0.15, 0.2) is 0 Å². The van der Waals surface area contributed by atoms with E-state index in [1.807, 2.05) is 13.0 Å². The van der Waals surface area contributed by atoms with E-state index in [4.69, 9.17) is 4.42 Å². The lowest BCUT2D eigenvalue weighted by molar-refractivity contribution is 0.0937. The second kappa shape index (κ2) is 5.31. The number of nitrogens with one attached hydrogen (secondary N) is 1. The summed E-state index contributed by atoms with van der Waals surface area (Å²) < 4.78 is 5.77. The lowest BCUT2D eigenvalue weighted by atomic mass is 9.93. The fourth-order valence-corrected chi connectivity index (χ4v) is 3.00. The topological polar surface area (TPSA) is 42.2 Å². The van der Waals surface area contributed by atoms with E-state index in [1.54, 1.807) is 0 Å². The number of amides is 1. The Morgan fingerprint density at radius 2 is 1.77 bits per heavy atom. The molecule has 2 aromatic rings. The molecule has 0 atom stereocenters. The van der Waals surface area contributed by atoms with Crippen molar-refractivity contribution in [3.8, 4) is 0 Å². The van der Waals surface area contributed by atoms with E-state index < -0.39 is 0 Å². The highest BCUT2D eigenvalue weighted by Gasteiger charge is 2.26. The monoisotopic (exact) mass is 297 g/mol. The van der Waals surface area contributed by atoms with E-state index in [1.165, 1.54) is 11.1 Å². The van der Waals surface area contributed by atoms with E-state index in [0.717, 1.165) is 18.6 Å². The maximum Gasteiger partial charge on any atom is 0.255 e. The minimum atomic E-state index is -0.0904. The molecule has 3 rings (SSSR count). The lowest BCUT2D eigenvalue weighted by Crippen LogP contribution is -2.35. The largest absolute Gasteiger partial charge is 0.465 e. The maximum atomic E-state index is 12.5. The van der Waals surface area contributed by atoms with Crippen molar-refractivity contribution in [1.29, 1.82) is 0 Å². The smallest absolute Gasteiger partial charge is 0.255 e. The molecule has 1 heterocycles. The molecule has 116 valence electrons. The summed E-state index contributed by atoms with van der Waals surface area (Å²) in [5, 5.41) is 3.15. The van der Waals surface area contributed by atoms with Crippen LogP contribution in [0.5, 0.6) is 0 Å². The van der Waals surface area contributed by atoms with Crippen molar-refractivity contribution in [3.05, 3.63) is 58.5 Å². The molecule has 1 aliphatic rings. The highest BCUT2D eigenvalue weighted by atomic mass is 16.3. The van der Waals surface area contributed by atoms with Crippen molar-refractivity contribution in [2.75, 3.05) is 0 Å². The molecule has 0 spiro atoms. The van der Waals surface area contributed by atoms with E-state index in [9.17, 15) is 4.79 Å². The number of furan rings is 1. The molecular weight excluding hydrogens is 274 g/mol. The summed E-state index contributed by atoms with van der Waals surface area (Å²) in [7, 11) is 0. The predicted octanol–water partition coefficient (Wildman–Crippen LogP) is 3.78. The average molecular weight is 297 g/mol. The third kappa shape index (κ3) is 2.80. The van der Waals surface area contributed by atoms with Crippen molar-refractivity contribution in [3.63, 3.8) is 0 Å². The van der Waals surface area contributed by atoms with Crippen LogP contribution in [0.4, 0.5) is 0 Å². The van der Waals surface area contributed by atoms with Gasteiger partial charge in [0.1, 0.15) is 11.5 Å². The fraction of sp³-hybridized carbons (Fsp3) is 0.421. The SMILES string of the molecule is Cc1oc(C(C)(C)C)cc1C(=O)NC1Cc2ccccc2C1. The van der Waals surface area contributed by atoms with Crippen molar-refractivity contribution in [2.24, 2.45) is 0 Å². The molecular formula is C19H23NO2. The molecule has 0 saturated heterocycles. The van der Waals surface area contributed by atoms with Gasteiger partial charge in [-0.25, -0.2) is 0 Å². The number of fused-ring (bicyclic) bond motifs is 1. The summed E-state index contributed by atoms with van der Waals surface area (Å²) in [6.07, 6.45) is 1.82. The van der Waals surface area contributed by atoms with Crippen LogP contribution in [0.25, 0.3) is 0 Å². The normalized spacial score (nSPS) is 14.9. The second-order valence-electron chi connectivity index (χ2n) is 7.18. The predicted molar refractivity (Wildman–Crippen MR) is 87.2 cm³/mol. The minimum Gasteiger partial charge on any atom is -0.465 e. The molecule has 1 aromatic carbocycles. The molecule has 1 N–H and O–H groups in total. The van der Waals surface area contributed by atoms with Crippen LogP contribution in [0.1, 0.15) is 53.8 Å². The fourth-order valence-electron chi connectivity index (χ4n) is 3.00. The number of hydrogen-bond acceptors (Lipinski definition) is 2. The average Bonchev–Trinajstić information content (AvgIpc) is 3.00. The molecule has 0 fully saturated rings. The van der Waals surface area contributed by atoms with Gasteiger partial charge >= 0.3 is 0 Å². The van der Waals surface area contributed by atoms with Crippen LogP contribution in [-0.4, -0.2) is 11.9 Å². The molecule has 0 unspecified atom stereocenters. The molecule has 22 heavy (non-hydrogen) atoms. The van der Waals surface area contributed by atoms with Gasteiger partial charge in [-0.3, -0.25) is 4.79 Å². The molecule has 3 nitrogen and oxygen atoms in total. The van der Waals surface area contributed by atoms with Gasteiger partial charge in [-0.15, -0.1) is 0 Å². The molecule has 0 bridgehead atoms. The van der Waals surface area contributed by atoms with E-state index in [0.29, 0.717) is 11.3 Å². The number of hydrogen-bond donors (Lipinski definition) is 1. The third-order valence-corrected chi connectivity index (χ3v) is 4.29. The van der Waals surface area contributed by atoms with E-state index in [2.05, 4.69) is 50.4 Å². The Morgan fingerprint density at radius 1 is 1.18 bits per heavy atom. The minimum absolute atomic E-state index is 0.0328. The number of benzene rings is 1. The summed E-state index contributed by atoms with van der Waals surface area (Å²) in [4.78, 5) is 12.5. The van der Waals surface area contributed by atoms with Gasteiger partial charge in [0.05, 0.1) is 5.56 Å². The van der Waals surface area contributed by atoms with Gasteiger partial charge in [0, 0.05) is 11.5 Å². The first kappa shape index (κ1) is 14.9. The number of carbonyl (C=O) groups excluding carboxylic acids is 1. The van der Waals surface area contributed by atoms with E-state index in [-0.39, 0.29) is 17.4 Å². The molecule has 3 heteroatoms. The highest BCUT2D eigenvalue weighted by molar-refractivity contribution is 5.95. The number of rotatable bonds is 2. The van der Waals surface area contributed by atoms with Gasteiger partial charge in [0.2, 0.25) is 0 Å². The maximum absolute atomic E-state index is 12.5. The first-order valence-electron chi connectivity index (χ1n) is 7.83. The lowest BCUT2D eigenvalue weighted by Gasteiger charge is -2.13. The number of aryl methyl sites for hydroxylation is 1. The summed E-state index contributed by atoms with van der Waals surface area (Å²) >= 11 is 0. The summed E-state index contributed by atoms with van der Waals surface area (Å²) in [5.41, 5.74) is 3.24. The van der Waals surface area contributed by atoms with Gasteiger partial charge in [-0.2, -0.15) is 0 Å². The molecule has 1 aromatic heterocycles. The van der Waals surface area contributed by atoms with E-state index >= 15 is 0 Å². The Bertz CT molecular complexity index is 681. The summed E-state index contributed by atoms with van der Waals surface area (Å²) in [6, 6.07) is 10.5. The quantitative estimate of drug-likeness (QED) is 0.916. The van der Waals surface area contributed by atoms with Crippen LogP contribution in [-0.2, 0) is 18.3 Å². The zero-order valence-electron chi connectivity index (χ0n) is 13.7. The molecule has 1 amide bonds. The third-order valence-electron chi connectivity index (χ3n) is 4.29. The van der Waals surface area contributed by atoms with Gasteiger partial charge in [-0.1, -0.05) is 45.0 Å². The van der Waals surface area contributed by atoms with Gasteiger partial charge < -0.3 is 9.73 Å². The highest BCUT2D eigenvalue weighted by Crippen LogP contribution is 2.27. The first-order valence-corrected chi connectivity index (χ1v) is 7.83. The van der Waals surface area contributed by atoms with Crippen LogP contribution in [0, 0.1) is 6.92 Å². The standard InChI is InChI=1S/C19H23NO2/c1-12-16(11-17(22-12)19(2,3)4)18(21)20-15-9-13-7-5-6-8-14(13)10-15/h5-8,11,15H,9-10H2,1-4H3,(H,20,21). The Morgan fingerprint density at radius 3 is 2.27 bits per heavy atom. The first-order chi connectivity index (χ1) is 10.3. The Hall–Kier alpha value is -2.03. The van der Waals surface area contributed by atoms with Crippen molar-refractivity contribution in [2.45, 2.75) is 52.0 Å². The molecule has 0 saturated carbocycles. The zero-order chi connectivity index (χ0) is 15.9. The molecule has 0 radical (unpaired) electrons. The van der Waals surface area contributed by atoms with Crippen molar-refractivity contribution in [1.82, 2.24) is 5.32 Å². The van der Waals surface area contributed by atoms with Crippen molar-refractivity contribution < 1.29 is 9.21 Å². The molecule has 1 aliphatic carbocycles. The van der Waals surface area contributed by atoms with Crippen LogP contribution in [0.15, 0.2) is 34.7 Å². The Kier molecular flexibility index (Phi) is 3.59. The van der Waals surface area contributed by atoms with Crippen molar-refractivity contribution >= 4 is 5.91 Å². The van der Waals surface area contributed by atoms with Crippen LogP contribution < -0.4 is 5.32 Å². The van der Waals surface area contributed by atoms with Gasteiger partial charge in [0.25, 0.3) is 5.91 Å². The Balaban J connectivity index is 1.73.